The summed E-state index contributed by atoms with van der Waals surface area (Å²) in [6.07, 6.45) is 6.83. The van der Waals surface area contributed by atoms with Gasteiger partial charge in [0.15, 0.2) is 23.1 Å². The number of ether oxygens (including phenoxy) is 2. The predicted molar refractivity (Wildman–Crippen MR) is 134 cm³/mol. The van der Waals surface area contributed by atoms with Crippen LogP contribution < -0.4 is 9.47 Å². The van der Waals surface area contributed by atoms with Crippen LogP contribution >= 0.6 is 0 Å². The lowest BCUT2D eigenvalue weighted by atomic mass is 9.76. The predicted octanol–water partition coefficient (Wildman–Crippen LogP) is 9.94. The molecule has 0 spiro atoms. The largest absolute Gasteiger partial charge is 0.453 e. The van der Waals surface area contributed by atoms with Crippen LogP contribution in [0, 0.1) is 30.3 Å². The zero-order chi connectivity index (χ0) is 26.5. The van der Waals surface area contributed by atoms with Crippen molar-refractivity contribution in [2.75, 3.05) is 0 Å². The second kappa shape index (κ2) is 12.0. The molecule has 2 nitrogen and oxygen atoms in total. The summed E-state index contributed by atoms with van der Waals surface area (Å²) in [4.78, 5) is 0. The molecule has 0 unspecified atom stereocenters. The van der Waals surface area contributed by atoms with E-state index in [9.17, 15) is 13.2 Å². The van der Waals surface area contributed by atoms with Gasteiger partial charge in [0.2, 0.25) is 0 Å². The quantitative estimate of drug-likeness (QED) is 0.263. The van der Waals surface area contributed by atoms with Crippen LogP contribution in [0.5, 0.6) is 17.2 Å². The molecule has 1 aliphatic carbocycles. The first-order chi connectivity index (χ1) is 17.8. The van der Waals surface area contributed by atoms with Crippen molar-refractivity contribution in [2.45, 2.75) is 71.3 Å². The van der Waals surface area contributed by atoms with E-state index in [0.29, 0.717) is 22.6 Å². The molecule has 0 atom stereocenters. The number of unbranched alkanes of at least 4 members (excludes halogenated alkanes) is 1. The Kier molecular flexibility index (Phi) is 8.72. The first-order valence-electron chi connectivity index (χ1n) is 12.8. The maximum atomic E-state index is 15.8. The molecule has 4 rings (SSSR count). The Morgan fingerprint density at radius 3 is 2.30 bits per heavy atom. The number of hydrogen-bond acceptors (Lipinski definition) is 2. The molecule has 0 N–H and O–H groups in total. The molecule has 0 radical (unpaired) electrons. The molecule has 3 aromatic rings. The van der Waals surface area contributed by atoms with Crippen molar-refractivity contribution in [3.05, 3.63) is 77.1 Å². The lowest BCUT2D eigenvalue weighted by Gasteiger charge is -2.29. The summed E-state index contributed by atoms with van der Waals surface area (Å²) in [5.41, 5.74) is 1.12. The summed E-state index contributed by atoms with van der Waals surface area (Å²) in [6.45, 7) is 0.586. The van der Waals surface area contributed by atoms with Crippen LogP contribution in [0.3, 0.4) is 0 Å². The van der Waals surface area contributed by atoms with Crippen LogP contribution in [0.4, 0.5) is 22.0 Å². The third-order valence-corrected chi connectivity index (χ3v) is 7.17. The fourth-order valence-corrected chi connectivity index (χ4v) is 5.23. The van der Waals surface area contributed by atoms with Gasteiger partial charge < -0.3 is 9.47 Å². The van der Waals surface area contributed by atoms with Gasteiger partial charge in [-0.2, -0.15) is 8.78 Å². The minimum absolute atomic E-state index is 0.0616. The van der Waals surface area contributed by atoms with Crippen LogP contribution in [0.15, 0.2) is 48.5 Å². The minimum atomic E-state index is -3.15. The molecular weight excluding hydrogens is 487 g/mol. The van der Waals surface area contributed by atoms with Gasteiger partial charge in [-0.15, -0.1) is 0 Å². The first-order valence-corrected chi connectivity index (χ1v) is 12.8. The average Bonchev–Trinajstić information content (AvgIpc) is 2.87. The van der Waals surface area contributed by atoms with Crippen molar-refractivity contribution in [1.29, 1.82) is 0 Å². The molecule has 0 bridgehead atoms. The molecule has 198 valence electrons. The Labute approximate surface area is 214 Å². The standard InChI is InChI=1S/C30H31F5O2/c1-3-4-7-19-10-12-20(13-11-19)27-24(32)16-18(2)29(28(27)33)36-25-9-6-5-8-22(25)21-14-15-26(23(31)17-21)37-30(34)35/h5-6,8-9,14-17,19-20,30H,3-4,7,10-13H2,1-2H3. The van der Waals surface area contributed by atoms with E-state index in [1.165, 1.54) is 18.6 Å². The third kappa shape index (κ3) is 6.25. The van der Waals surface area contributed by atoms with Crippen LogP contribution in [-0.4, -0.2) is 6.61 Å². The second-order valence-corrected chi connectivity index (χ2v) is 9.71. The SMILES string of the molecule is CCCCC1CCC(c2c(F)cc(C)c(Oc3ccccc3-c3ccc(OC(F)F)c(F)c3)c2F)CC1. The van der Waals surface area contributed by atoms with Gasteiger partial charge in [0, 0.05) is 11.1 Å². The van der Waals surface area contributed by atoms with E-state index < -0.39 is 29.8 Å². The lowest BCUT2D eigenvalue weighted by Crippen LogP contribution is -2.16. The molecule has 1 fully saturated rings. The van der Waals surface area contributed by atoms with Crippen molar-refractivity contribution < 1.29 is 31.4 Å². The molecule has 3 aromatic carbocycles. The summed E-state index contributed by atoms with van der Waals surface area (Å²) in [6, 6.07) is 11.5. The summed E-state index contributed by atoms with van der Waals surface area (Å²) in [7, 11) is 0. The van der Waals surface area contributed by atoms with E-state index in [1.807, 2.05) is 0 Å². The van der Waals surface area contributed by atoms with Crippen LogP contribution in [-0.2, 0) is 0 Å². The van der Waals surface area contributed by atoms with E-state index in [2.05, 4.69) is 11.7 Å². The van der Waals surface area contributed by atoms with Crippen molar-refractivity contribution in [1.82, 2.24) is 0 Å². The van der Waals surface area contributed by atoms with Gasteiger partial charge in [0.25, 0.3) is 0 Å². The molecule has 0 heterocycles. The third-order valence-electron chi connectivity index (χ3n) is 7.17. The summed E-state index contributed by atoms with van der Waals surface area (Å²) >= 11 is 0. The summed E-state index contributed by atoms with van der Waals surface area (Å²) in [5.74, 6) is -2.27. The minimum Gasteiger partial charge on any atom is -0.453 e. The number of rotatable bonds is 9. The maximum absolute atomic E-state index is 15.8. The summed E-state index contributed by atoms with van der Waals surface area (Å²) < 4.78 is 80.4. The van der Waals surface area contributed by atoms with Gasteiger partial charge in [-0.1, -0.05) is 50.5 Å². The first kappa shape index (κ1) is 27.0. The smallest absolute Gasteiger partial charge is 0.387 e. The fraction of sp³-hybridized carbons (Fsp3) is 0.400. The molecule has 0 aromatic heterocycles. The highest BCUT2D eigenvalue weighted by molar-refractivity contribution is 5.71. The molecule has 37 heavy (non-hydrogen) atoms. The molecule has 1 saturated carbocycles. The zero-order valence-electron chi connectivity index (χ0n) is 21.0. The average molecular weight is 519 g/mol. The number of para-hydroxylation sites is 1. The van der Waals surface area contributed by atoms with Crippen LogP contribution in [0.1, 0.15) is 68.9 Å². The highest BCUT2D eigenvalue weighted by atomic mass is 19.3. The number of benzene rings is 3. The Morgan fingerprint density at radius 1 is 0.892 bits per heavy atom. The van der Waals surface area contributed by atoms with E-state index in [4.69, 9.17) is 4.74 Å². The molecular formula is C30H31F5O2. The maximum Gasteiger partial charge on any atom is 0.387 e. The normalized spacial score (nSPS) is 17.7. The van der Waals surface area contributed by atoms with Crippen LogP contribution in [0.2, 0.25) is 0 Å². The van der Waals surface area contributed by atoms with Crippen molar-refractivity contribution in [3.63, 3.8) is 0 Å². The van der Waals surface area contributed by atoms with Gasteiger partial charge in [0.05, 0.1) is 0 Å². The second-order valence-electron chi connectivity index (χ2n) is 9.71. The van der Waals surface area contributed by atoms with E-state index in [0.717, 1.165) is 50.7 Å². The highest BCUT2D eigenvalue weighted by Gasteiger charge is 2.29. The number of alkyl halides is 2. The Morgan fingerprint density at radius 2 is 1.62 bits per heavy atom. The molecule has 0 saturated heterocycles. The van der Waals surface area contributed by atoms with Crippen molar-refractivity contribution in [3.8, 4) is 28.4 Å². The van der Waals surface area contributed by atoms with E-state index >= 15 is 8.78 Å². The van der Waals surface area contributed by atoms with Gasteiger partial charge in [0.1, 0.15) is 11.6 Å². The molecule has 0 amide bonds. The van der Waals surface area contributed by atoms with E-state index in [1.54, 1.807) is 31.2 Å². The molecule has 0 aliphatic heterocycles. The van der Waals surface area contributed by atoms with Gasteiger partial charge in [-0.3, -0.25) is 0 Å². The lowest BCUT2D eigenvalue weighted by molar-refractivity contribution is -0.0521. The van der Waals surface area contributed by atoms with Crippen molar-refractivity contribution >= 4 is 0 Å². The highest BCUT2D eigenvalue weighted by Crippen LogP contribution is 2.44. The number of hydrogen-bond donors (Lipinski definition) is 0. The summed E-state index contributed by atoms with van der Waals surface area (Å²) in [5, 5.41) is 0. The number of halogens is 5. The Balaban J connectivity index is 1.62. The topological polar surface area (TPSA) is 18.5 Å². The molecule has 1 aliphatic rings. The van der Waals surface area contributed by atoms with Gasteiger partial charge >= 0.3 is 6.61 Å². The Hall–Kier alpha value is -3.09. The Bertz CT molecular complexity index is 1220. The van der Waals surface area contributed by atoms with Crippen molar-refractivity contribution in [2.24, 2.45) is 5.92 Å². The van der Waals surface area contributed by atoms with Gasteiger partial charge in [-0.05, 0) is 79.8 Å². The van der Waals surface area contributed by atoms with Gasteiger partial charge in [-0.25, -0.2) is 13.2 Å². The number of aryl methyl sites for hydroxylation is 1. The monoisotopic (exact) mass is 518 g/mol. The van der Waals surface area contributed by atoms with E-state index in [-0.39, 0.29) is 23.0 Å². The fourth-order valence-electron chi connectivity index (χ4n) is 5.23. The van der Waals surface area contributed by atoms with Crippen LogP contribution in [0.25, 0.3) is 11.1 Å². The zero-order valence-corrected chi connectivity index (χ0v) is 21.0. The molecule has 7 heteroatoms.